The van der Waals surface area contributed by atoms with Gasteiger partial charge in [-0.3, -0.25) is 14.4 Å². The Labute approximate surface area is 290 Å². The molecule has 276 valence electrons. The van der Waals surface area contributed by atoms with Gasteiger partial charge in [-0.15, -0.1) is 11.3 Å². The van der Waals surface area contributed by atoms with Crippen LogP contribution in [0, 0.1) is 17.3 Å². The maximum absolute atomic E-state index is 13.3. The van der Waals surface area contributed by atoms with Gasteiger partial charge in [-0.05, 0) is 44.3 Å². The van der Waals surface area contributed by atoms with E-state index in [-0.39, 0.29) is 30.5 Å². The molecule has 0 bridgehead atoms. The van der Waals surface area contributed by atoms with Crippen LogP contribution in [0.3, 0.4) is 0 Å². The molecule has 4 rings (SSSR count). The number of esters is 1. The Morgan fingerprint density at radius 2 is 1.76 bits per heavy atom. The van der Waals surface area contributed by atoms with Crippen LogP contribution in [0.5, 0.6) is 0 Å². The highest BCUT2D eigenvalue weighted by Gasteiger charge is 2.48. The Morgan fingerprint density at radius 3 is 2.43 bits per heavy atom. The van der Waals surface area contributed by atoms with E-state index >= 15 is 0 Å². The van der Waals surface area contributed by atoms with E-state index in [2.05, 4.69) is 4.98 Å². The van der Waals surface area contributed by atoms with Gasteiger partial charge < -0.3 is 49.6 Å². The third-order valence-electron chi connectivity index (χ3n) is 9.98. The van der Waals surface area contributed by atoms with Crippen LogP contribution in [0.15, 0.2) is 11.0 Å². The number of nitrogens with zero attached hydrogens (tertiary/aromatic N) is 1. The fraction of sp³-hybridized carbons (Fsp3) is 0.765. The quantitative estimate of drug-likeness (QED) is 0.172. The van der Waals surface area contributed by atoms with Crippen molar-refractivity contribution in [2.24, 2.45) is 17.3 Å². The maximum Gasteiger partial charge on any atom is 0.309 e. The van der Waals surface area contributed by atoms with Crippen LogP contribution in [0.1, 0.15) is 84.3 Å². The fourth-order valence-electron chi connectivity index (χ4n) is 6.40. The fourth-order valence-corrected chi connectivity index (χ4v) is 7.08. The predicted octanol–water partition coefficient (Wildman–Crippen LogP) is 1.05. The largest absolute Gasteiger partial charge is 0.458 e. The van der Waals surface area contributed by atoms with E-state index < -0.39 is 84.6 Å². The first kappa shape index (κ1) is 39.6. The number of Topliss-reactive ketones (excluding diaryl/α,β-unsaturated/α-hetero) is 2. The van der Waals surface area contributed by atoms with Crippen LogP contribution < -0.4 is 0 Å². The van der Waals surface area contributed by atoms with Crippen molar-refractivity contribution < 1.29 is 64.0 Å². The van der Waals surface area contributed by atoms with Gasteiger partial charge in [-0.1, -0.05) is 34.1 Å². The molecule has 3 saturated heterocycles. The molecule has 0 radical (unpaired) electrons. The molecule has 1 aromatic heterocycles. The van der Waals surface area contributed by atoms with Gasteiger partial charge in [0.2, 0.25) is 0 Å². The van der Waals surface area contributed by atoms with Crippen molar-refractivity contribution in [1.29, 1.82) is 0 Å². The van der Waals surface area contributed by atoms with Crippen LogP contribution in [-0.4, -0.2) is 120 Å². The molecular formula is C34H51NO13S. The maximum atomic E-state index is 13.3. The number of rotatable bonds is 7. The van der Waals surface area contributed by atoms with Gasteiger partial charge in [0.15, 0.2) is 18.2 Å². The molecule has 0 spiro atoms. The Bertz CT molecular complexity index is 1350. The highest BCUT2D eigenvalue weighted by molar-refractivity contribution is 7.09. The lowest BCUT2D eigenvalue weighted by atomic mass is 9.73. The Balaban J connectivity index is 1.45. The molecule has 0 aliphatic carbocycles. The van der Waals surface area contributed by atoms with Crippen molar-refractivity contribution >= 4 is 34.9 Å². The second-order valence-electron chi connectivity index (χ2n) is 14.3. The summed E-state index contributed by atoms with van der Waals surface area (Å²) in [5, 5.41) is 64.4. The summed E-state index contributed by atoms with van der Waals surface area (Å²) in [6, 6.07) is 0. The van der Waals surface area contributed by atoms with E-state index in [1.807, 2.05) is 6.92 Å². The molecule has 4 heterocycles. The summed E-state index contributed by atoms with van der Waals surface area (Å²) in [4.78, 5) is 43.2. The van der Waals surface area contributed by atoms with Crippen molar-refractivity contribution in [1.82, 2.24) is 4.98 Å². The number of hydrogen-bond acceptors (Lipinski definition) is 15. The zero-order valence-electron chi connectivity index (χ0n) is 28.8. The van der Waals surface area contributed by atoms with Gasteiger partial charge in [0.25, 0.3) is 0 Å². The normalized spacial score (nSPS) is 38.7. The lowest BCUT2D eigenvalue weighted by molar-refractivity contribution is -0.294. The molecule has 1 unspecified atom stereocenters. The summed E-state index contributed by atoms with van der Waals surface area (Å²) >= 11 is 1.23. The smallest absolute Gasteiger partial charge is 0.309 e. The number of ketones is 2. The van der Waals surface area contributed by atoms with Crippen molar-refractivity contribution in [3.63, 3.8) is 0 Å². The van der Waals surface area contributed by atoms with E-state index in [9.17, 15) is 45.0 Å². The molecule has 15 heteroatoms. The van der Waals surface area contributed by atoms with Crippen molar-refractivity contribution in [2.75, 3.05) is 0 Å². The second kappa shape index (κ2) is 16.4. The van der Waals surface area contributed by atoms with Crippen molar-refractivity contribution in [3.05, 3.63) is 21.7 Å². The molecule has 1 aromatic rings. The minimum atomic E-state index is -1.75. The molecule has 0 saturated carbocycles. The minimum Gasteiger partial charge on any atom is -0.458 e. The minimum absolute atomic E-state index is 0.0228. The molecule has 0 amide bonds. The average Bonchev–Trinajstić information content (AvgIpc) is 3.63. The summed E-state index contributed by atoms with van der Waals surface area (Å²) in [5.41, 5.74) is -0.113. The first-order valence-electron chi connectivity index (χ1n) is 16.8. The van der Waals surface area contributed by atoms with E-state index in [1.54, 1.807) is 39.2 Å². The number of epoxide rings is 1. The monoisotopic (exact) mass is 713 g/mol. The summed E-state index contributed by atoms with van der Waals surface area (Å²) in [6.07, 6.45) is -8.84. The summed E-state index contributed by atoms with van der Waals surface area (Å²) in [5.74, 6) is -2.74. The van der Waals surface area contributed by atoms with Gasteiger partial charge in [-0.2, -0.15) is 0 Å². The number of fused-ring (bicyclic) bond motifs is 1. The van der Waals surface area contributed by atoms with E-state index in [0.717, 1.165) is 12.8 Å². The Hall–Kier alpha value is -2.18. The van der Waals surface area contributed by atoms with Crippen molar-refractivity contribution in [2.45, 2.75) is 148 Å². The number of aliphatic hydroxyl groups excluding tert-OH is 6. The summed E-state index contributed by atoms with van der Waals surface area (Å²) in [7, 11) is 0. The third-order valence-corrected chi connectivity index (χ3v) is 10.8. The van der Waals surface area contributed by atoms with Gasteiger partial charge >= 0.3 is 5.97 Å². The lowest BCUT2D eigenvalue weighted by Crippen LogP contribution is -2.61. The lowest BCUT2D eigenvalue weighted by Gasteiger charge is -2.39. The number of aliphatic hydroxyl groups is 6. The van der Waals surface area contributed by atoms with E-state index in [1.165, 1.54) is 18.3 Å². The molecule has 6 N–H and O–H groups in total. The molecule has 13 atom stereocenters. The van der Waals surface area contributed by atoms with Crippen LogP contribution in [-0.2, 0) is 39.9 Å². The highest BCUT2D eigenvalue weighted by Crippen LogP contribution is 2.36. The predicted molar refractivity (Wildman–Crippen MR) is 175 cm³/mol. The number of carbonyl (C=O) groups is 3. The number of aromatic nitrogens is 1. The Morgan fingerprint density at radius 1 is 1.06 bits per heavy atom. The van der Waals surface area contributed by atoms with Crippen LogP contribution in [0.2, 0.25) is 0 Å². The molecule has 0 aromatic carbocycles. The number of ether oxygens (including phenoxy) is 4. The molecule has 3 fully saturated rings. The molecule has 3 aliphatic heterocycles. The molecule has 3 aliphatic rings. The van der Waals surface area contributed by atoms with Gasteiger partial charge in [0.05, 0.1) is 41.9 Å². The van der Waals surface area contributed by atoms with Crippen molar-refractivity contribution in [3.8, 4) is 0 Å². The molecular weight excluding hydrogens is 662 g/mol. The van der Waals surface area contributed by atoms with E-state index in [0.29, 0.717) is 29.1 Å². The number of hydrogen-bond donors (Lipinski definition) is 6. The van der Waals surface area contributed by atoms with E-state index in [4.69, 9.17) is 18.9 Å². The van der Waals surface area contributed by atoms with Gasteiger partial charge in [0, 0.05) is 17.7 Å². The zero-order chi connectivity index (χ0) is 36.4. The SMILES string of the molecule is CC(=Cc1csc(CO[C@H]2O[C@H](C(=O)C(C)O)[C@@H](O)[C@H](O)[C@H]2O)n1)[C@H]1C[C@@H]2O[C@H]2CCC[C@@H](C)[C@@H](O)[C@H](C)C(=O)C(C)(C)[C@H](O)CC(=O)O1. The molecule has 49 heavy (non-hydrogen) atoms. The first-order valence-corrected chi connectivity index (χ1v) is 17.7. The first-order chi connectivity index (χ1) is 22.9. The standard InChI is InChI=1S/C34H51NO13S/c1-15-8-7-9-20-22(46-20)11-21(47-25(38)12-23(37)34(5,6)32(44)17(3)26(15)39)16(2)10-19-14-49-24(35-19)13-45-33-30(43)28(41)29(42)31(48-33)27(40)18(4)36/h10,14-15,17-18,20-23,26,28-31,33,36-37,39,41-43H,7-9,11-13H2,1-6H3/t15-,17+,18?,20+,21-,22+,23-,26-,28+,29+,30-,31-,33+/m1/s1. The summed E-state index contributed by atoms with van der Waals surface area (Å²) < 4.78 is 22.8. The second-order valence-corrected chi connectivity index (χ2v) is 15.2. The number of carbonyl (C=O) groups excluding carboxylic acids is 3. The number of thiazole rings is 1. The van der Waals surface area contributed by atoms with Crippen LogP contribution >= 0.6 is 11.3 Å². The third kappa shape index (κ3) is 9.58. The Kier molecular flexibility index (Phi) is 13.3. The molecule has 14 nitrogen and oxygen atoms in total. The topological polar surface area (TPSA) is 226 Å². The van der Waals surface area contributed by atoms with Gasteiger partial charge in [-0.25, -0.2) is 4.98 Å². The highest BCUT2D eigenvalue weighted by atomic mass is 32.1. The number of cyclic esters (lactones) is 1. The van der Waals surface area contributed by atoms with Gasteiger partial charge in [0.1, 0.15) is 47.9 Å². The van der Waals surface area contributed by atoms with Crippen LogP contribution in [0.25, 0.3) is 6.08 Å². The average molecular weight is 714 g/mol. The zero-order valence-corrected chi connectivity index (χ0v) is 29.6. The van der Waals surface area contributed by atoms with Crippen LogP contribution in [0.4, 0.5) is 0 Å². The summed E-state index contributed by atoms with van der Waals surface area (Å²) in [6.45, 7) is 9.51.